The number of amides is 2. The van der Waals surface area contributed by atoms with Crippen LogP contribution in [0.1, 0.15) is 105 Å². The number of rotatable bonds is 5. The number of carbonyl (C=O) groups excluding carboxylic acids is 2. The molecule has 3 saturated carbocycles. The maximum Gasteiger partial charge on any atom is 0.225 e. The van der Waals surface area contributed by atoms with Crippen LogP contribution in [0.4, 0.5) is 0 Å². The fourth-order valence-corrected chi connectivity index (χ4v) is 10.1. The number of nitrogens with zero attached hydrogens (tertiary/aromatic N) is 1. The molecule has 0 aromatic carbocycles. The van der Waals surface area contributed by atoms with E-state index >= 15 is 0 Å². The number of hydrogen-bond acceptors (Lipinski definition) is 3. The molecule has 1 unspecified atom stereocenters. The molecule has 5 heteroatoms. The zero-order valence-corrected chi connectivity index (χ0v) is 24.2. The molecule has 5 rings (SSSR count). The molecule has 0 aromatic rings. The minimum atomic E-state index is -0.339. The van der Waals surface area contributed by atoms with E-state index in [1.165, 1.54) is 32.1 Å². The number of allylic oxidation sites excluding steroid dienone is 1. The third kappa shape index (κ3) is 4.59. The standard InChI is InChI=1S/C32H52N2O3/c1-21(6-11-28(36)34-18-16-30(2,17-19-34)29(37)33-5)25-9-10-26-24-8-7-22-20-23(35)12-14-31(22,3)27(24)13-15-32(25,26)4/h7,21,23-27,35H,6,8-20H2,1-5H3,(H,33,37)/t21?,23-,24-,25+,26-,27-,31-,32+/m0/s1. The Kier molecular flexibility index (Phi) is 7.35. The molecule has 0 aromatic heterocycles. The van der Waals surface area contributed by atoms with Gasteiger partial charge < -0.3 is 15.3 Å². The van der Waals surface area contributed by atoms with E-state index in [4.69, 9.17) is 0 Å². The predicted molar refractivity (Wildman–Crippen MR) is 148 cm³/mol. The number of carbonyl (C=O) groups is 2. The van der Waals surface area contributed by atoms with E-state index in [0.717, 1.165) is 62.2 Å². The summed E-state index contributed by atoms with van der Waals surface area (Å²) in [5, 5.41) is 13.1. The highest BCUT2D eigenvalue weighted by Crippen LogP contribution is 2.67. The minimum Gasteiger partial charge on any atom is -0.393 e. The van der Waals surface area contributed by atoms with Crippen LogP contribution in [0.5, 0.6) is 0 Å². The first-order valence-electron chi connectivity index (χ1n) is 15.4. The van der Waals surface area contributed by atoms with Crippen LogP contribution >= 0.6 is 0 Å². The van der Waals surface area contributed by atoms with E-state index in [2.05, 4.69) is 32.2 Å². The second-order valence-electron chi connectivity index (χ2n) is 14.4. The molecule has 4 aliphatic carbocycles. The van der Waals surface area contributed by atoms with Crippen molar-refractivity contribution in [2.75, 3.05) is 20.1 Å². The lowest BCUT2D eigenvalue weighted by atomic mass is 9.47. The van der Waals surface area contributed by atoms with E-state index in [0.29, 0.717) is 36.3 Å². The van der Waals surface area contributed by atoms with Crippen molar-refractivity contribution in [3.63, 3.8) is 0 Å². The lowest BCUT2D eigenvalue weighted by Gasteiger charge is -2.58. The average Bonchev–Trinajstić information content (AvgIpc) is 3.24. The summed E-state index contributed by atoms with van der Waals surface area (Å²) in [5.74, 6) is 4.07. The first kappa shape index (κ1) is 27.2. The zero-order valence-electron chi connectivity index (χ0n) is 24.2. The monoisotopic (exact) mass is 512 g/mol. The van der Waals surface area contributed by atoms with Crippen LogP contribution in [0, 0.1) is 45.8 Å². The molecule has 0 radical (unpaired) electrons. The van der Waals surface area contributed by atoms with Crippen LogP contribution in [0.3, 0.4) is 0 Å². The van der Waals surface area contributed by atoms with Gasteiger partial charge in [-0.05, 0) is 111 Å². The van der Waals surface area contributed by atoms with Gasteiger partial charge in [-0.15, -0.1) is 0 Å². The second-order valence-corrected chi connectivity index (χ2v) is 14.4. The molecule has 37 heavy (non-hydrogen) atoms. The third-order valence-corrected chi connectivity index (χ3v) is 12.6. The number of hydrogen-bond donors (Lipinski definition) is 2. The molecular weight excluding hydrogens is 460 g/mol. The Labute approximate surface area is 225 Å². The summed E-state index contributed by atoms with van der Waals surface area (Å²) in [6, 6.07) is 0. The summed E-state index contributed by atoms with van der Waals surface area (Å²) in [7, 11) is 1.71. The van der Waals surface area contributed by atoms with E-state index in [9.17, 15) is 14.7 Å². The highest BCUT2D eigenvalue weighted by Gasteiger charge is 2.59. The average molecular weight is 513 g/mol. The second kappa shape index (κ2) is 9.99. The Morgan fingerprint density at radius 2 is 1.78 bits per heavy atom. The molecule has 1 heterocycles. The normalized spacial score (nSPS) is 41.6. The molecule has 0 spiro atoms. The van der Waals surface area contributed by atoms with Crippen molar-refractivity contribution in [1.29, 1.82) is 0 Å². The molecule has 5 nitrogen and oxygen atoms in total. The summed E-state index contributed by atoms with van der Waals surface area (Å²) >= 11 is 0. The highest BCUT2D eigenvalue weighted by molar-refractivity contribution is 5.82. The van der Waals surface area contributed by atoms with Crippen LogP contribution in [0.15, 0.2) is 11.6 Å². The van der Waals surface area contributed by atoms with Gasteiger partial charge in [-0.25, -0.2) is 0 Å². The van der Waals surface area contributed by atoms with Gasteiger partial charge in [0.1, 0.15) is 0 Å². The Morgan fingerprint density at radius 3 is 2.49 bits per heavy atom. The summed E-state index contributed by atoms with van der Waals surface area (Å²) in [5.41, 5.74) is 1.93. The fourth-order valence-electron chi connectivity index (χ4n) is 10.1. The van der Waals surface area contributed by atoms with E-state index in [-0.39, 0.29) is 23.3 Å². The molecule has 2 N–H and O–H groups in total. The van der Waals surface area contributed by atoms with Gasteiger partial charge in [0.2, 0.25) is 11.8 Å². The van der Waals surface area contributed by atoms with Gasteiger partial charge in [-0.1, -0.05) is 39.3 Å². The van der Waals surface area contributed by atoms with Crippen molar-refractivity contribution in [1.82, 2.24) is 10.2 Å². The maximum atomic E-state index is 13.1. The molecule has 1 aliphatic heterocycles. The van der Waals surface area contributed by atoms with Crippen LogP contribution in [-0.4, -0.2) is 48.1 Å². The van der Waals surface area contributed by atoms with Gasteiger partial charge in [-0.2, -0.15) is 0 Å². The van der Waals surface area contributed by atoms with Gasteiger partial charge in [0, 0.05) is 32.0 Å². The van der Waals surface area contributed by atoms with Crippen molar-refractivity contribution in [3.05, 3.63) is 11.6 Å². The SMILES string of the molecule is CNC(=O)C1(C)CCN(C(=O)CCC(C)[C@H]2CC[C@H]3[C@@H]4CC=C5C[C@@H](O)CC[C@]5(C)[C@H]4CC[C@]23C)CC1. The van der Waals surface area contributed by atoms with Gasteiger partial charge in [0.05, 0.1) is 6.10 Å². The smallest absolute Gasteiger partial charge is 0.225 e. The summed E-state index contributed by atoms with van der Waals surface area (Å²) in [6.45, 7) is 11.0. The minimum absolute atomic E-state index is 0.103. The molecule has 4 fully saturated rings. The summed E-state index contributed by atoms with van der Waals surface area (Å²) in [4.78, 5) is 27.4. The number of likely N-dealkylation sites (tertiary alicyclic amines) is 1. The molecule has 8 atom stereocenters. The molecule has 5 aliphatic rings. The predicted octanol–water partition coefficient (Wildman–Crippen LogP) is 5.72. The number of piperidine rings is 1. The summed E-state index contributed by atoms with van der Waals surface area (Å²) in [6.07, 6.45) is 15.1. The molecule has 1 saturated heterocycles. The first-order valence-corrected chi connectivity index (χ1v) is 15.4. The van der Waals surface area contributed by atoms with E-state index < -0.39 is 0 Å². The lowest BCUT2D eigenvalue weighted by molar-refractivity contribution is -0.139. The van der Waals surface area contributed by atoms with Gasteiger partial charge >= 0.3 is 0 Å². The van der Waals surface area contributed by atoms with E-state index in [1.807, 2.05) is 11.8 Å². The maximum absolute atomic E-state index is 13.1. The Balaban J connectivity index is 1.18. The Morgan fingerprint density at radius 1 is 1.05 bits per heavy atom. The molecular formula is C32H52N2O3. The fraction of sp³-hybridized carbons (Fsp3) is 0.875. The van der Waals surface area contributed by atoms with Gasteiger partial charge in [0.25, 0.3) is 0 Å². The lowest BCUT2D eigenvalue weighted by Crippen LogP contribution is -2.50. The Hall–Kier alpha value is -1.36. The van der Waals surface area contributed by atoms with Crippen molar-refractivity contribution >= 4 is 11.8 Å². The molecule has 2 amide bonds. The van der Waals surface area contributed by atoms with Gasteiger partial charge in [-0.3, -0.25) is 9.59 Å². The van der Waals surface area contributed by atoms with Crippen molar-refractivity contribution in [2.45, 2.75) is 111 Å². The molecule has 208 valence electrons. The van der Waals surface area contributed by atoms with Crippen molar-refractivity contribution in [2.24, 2.45) is 45.8 Å². The topological polar surface area (TPSA) is 69.6 Å². The quantitative estimate of drug-likeness (QED) is 0.463. The Bertz CT molecular complexity index is 921. The van der Waals surface area contributed by atoms with Crippen LogP contribution in [-0.2, 0) is 9.59 Å². The van der Waals surface area contributed by atoms with Crippen LogP contribution in [0.2, 0.25) is 0 Å². The zero-order chi connectivity index (χ0) is 26.6. The van der Waals surface area contributed by atoms with E-state index in [1.54, 1.807) is 12.6 Å². The first-order chi connectivity index (χ1) is 17.5. The number of nitrogens with one attached hydrogen (secondary N) is 1. The number of fused-ring (bicyclic) bond motifs is 5. The number of aliphatic hydroxyl groups is 1. The summed E-state index contributed by atoms with van der Waals surface area (Å²) < 4.78 is 0. The van der Waals surface area contributed by atoms with Crippen molar-refractivity contribution < 1.29 is 14.7 Å². The van der Waals surface area contributed by atoms with Gasteiger partial charge in [0.15, 0.2) is 0 Å². The van der Waals surface area contributed by atoms with Crippen LogP contribution < -0.4 is 5.32 Å². The van der Waals surface area contributed by atoms with Crippen molar-refractivity contribution in [3.8, 4) is 0 Å². The number of aliphatic hydroxyl groups excluding tert-OH is 1. The highest BCUT2D eigenvalue weighted by atomic mass is 16.3. The van der Waals surface area contributed by atoms with Crippen LogP contribution in [0.25, 0.3) is 0 Å². The largest absolute Gasteiger partial charge is 0.393 e. The molecule has 0 bridgehead atoms. The third-order valence-electron chi connectivity index (χ3n) is 12.6.